The highest BCUT2D eigenvalue weighted by Crippen LogP contribution is 2.39. The van der Waals surface area contributed by atoms with Gasteiger partial charge in [-0.05, 0) is 69.4 Å². The van der Waals surface area contributed by atoms with Gasteiger partial charge in [0.1, 0.15) is 17.1 Å². The van der Waals surface area contributed by atoms with Gasteiger partial charge in [0.2, 0.25) is 0 Å². The Kier molecular flexibility index (Phi) is 6.43. The van der Waals surface area contributed by atoms with Gasteiger partial charge in [-0.2, -0.15) is 13.2 Å². The third-order valence-corrected chi connectivity index (χ3v) is 4.73. The van der Waals surface area contributed by atoms with E-state index >= 15 is 0 Å². The predicted molar refractivity (Wildman–Crippen MR) is 98.4 cm³/mol. The molecule has 26 heavy (non-hydrogen) atoms. The predicted octanol–water partition coefficient (Wildman–Crippen LogP) is 6.58. The fourth-order valence-electron chi connectivity index (χ4n) is 3.01. The number of alkyl halides is 3. The number of rotatable bonds is 7. The summed E-state index contributed by atoms with van der Waals surface area (Å²) in [5.74, 6) is 0.776. The molecule has 144 valence electrons. The maximum Gasteiger partial charge on any atom is 0.412 e. The quantitative estimate of drug-likeness (QED) is 0.435. The smallest absolute Gasteiger partial charge is 0.412 e. The first-order valence-electron chi connectivity index (χ1n) is 9.13. The first-order valence-corrected chi connectivity index (χ1v) is 9.13. The summed E-state index contributed by atoms with van der Waals surface area (Å²) in [6.45, 7) is 5.07. The summed E-state index contributed by atoms with van der Waals surface area (Å²) in [7, 11) is 0. The van der Waals surface area contributed by atoms with Crippen molar-refractivity contribution in [3.05, 3.63) is 41.0 Å². The number of fused-ring (bicyclic) bond motifs is 1. The molecule has 1 heterocycles. The van der Waals surface area contributed by atoms with Crippen molar-refractivity contribution in [3.8, 4) is 11.5 Å². The van der Waals surface area contributed by atoms with Crippen LogP contribution >= 0.6 is 0 Å². The average Bonchev–Trinajstić information content (AvgIpc) is 2.53. The second kappa shape index (κ2) is 8.19. The summed E-state index contributed by atoms with van der Waals surface area (Å²) in [5.41, 5.74) is 0.366. The Morgan fingerprint density at radius 2 is 2.00 bits per heavy atom. The van der Waals surface area contributed by atoms with Gasteiger partial charge in [-0.1, -0.05) is 25.8 Å². The summed E-state index contributed by atoms with van der Waals surface area (Å²) in [4.78, 5) is 0. The molecule has 2 nitrogen and oxygen atoms in total. The number of allylic oxidation sites excluding steroid dienone is 2. The van der Waals surface area contributed by atoms with Crippen LogP contribution in [0.3, 0.4) is 0 Å². The molecule has 0 radical (unpaired) electrons. The summed E-state index contributed by atoms with van der Waals surface area (Å²) in [6, 6.07) is 3.70. The van der Waals surface area contributed by atoms with E-state index in [-0.39, 0.29) is 12.2 Å². The fourth-order valence-corrected chi connectivity index (χ4v) is 3.01. The van der Waals surface area contributed by atoms with Crippen LogP contribution in [-0.2, 0) is 6.42 Å². The number of halogens is 3. The fraction of sp³-hybridized carbons (Fsp3) is 0.524. The van der Waals surface area contributed by atoms with Gasteiger partial charge in [0.25, 0.3) is 0 Å². The minimum Gasteiger partial charge on any atom is -0.507 e. The number of ether oxygens (including phenoxy) is 1. The van der Waals surface area contributed by atoms with Crippen LogP contribution in [0.5, 0.6) is 11.5 Å². The van der Waals surface area contributed by atoms with Crippen molar-refractivity contribution in [1.29, 1.82) is 0 Å². The largest absolute Gasteiger partial charge is 0.507 e. The molecular weight excluding hydrogens is 341 g/mol. The summed E-state index contributed by atoms with van der Waals surface area (Å²) in [6.07, 6.45) is 5.38. The van der Waals surface area contributed by atoms with Crippen LogP contribution in [0.15, 0.2) is 29.9 Å². The maximum atomic E-state index is 12.6. The molecule has 1 aromatic carbocycles. The number of aromatic hydroxyl groups is 1. The van der Waals surface area contributed by atoms with E-state index in [1.165, 1.54) is 6.08 Å². The molecule has 1 N–H and O–H groups in total. The molecule has 0 aromatic heterocycles. The molecule has 1 aliphatic rings. The van der Waals surface area contributed by atoms with Gasteiger partial charge in [-0.3, -0.25) is 0 Å². The van der Waals surface area contributed by atoms with E-state index < -0.39 is 17.4 Å². The highest BCUT2D eigenvalue weighted by atomic mass is 19.4. The highest BCUT2D eigenvalue weighted by Gasteiger charge is 2.31. The Labute approximate surface area is 153 Å². The molecule has 0 saturated heterocycles. The van der Waals surface area contributed by atoms with Crippen LogP contribution in [0, 0.1) is 0 Å². The zero-order valence-electron chi connectivity index (χ0n) is 15.6. The molecule has 5 heteroatoms. The molecule has 0 aliphatic carbocycles. The molecule has 1 aromatic rings. The van der Waals surface area contributed by atoms with E-state index in [1.807, 2.05) is 19.1 Å². The third kappa shape index (κ3) is 5.29. The van der Waals surface area contributed by atoms with Crippen molar-refractivity contribution in [2.45, 2.75) is 71.1 Å². The molecule has 1 unspecified atom stereocenters. The monoisotopic (exact) mass is 368 g/mol. The van der Waals surface area contributed by atoms with Crippen molar-refractivity contribution in [3.63, 3.8) is 0 Å². The standard InChI is InChI=1S/C21H27F3O2/c1-4-5-6-9-16-13-18(25)17-10-12-20(3,26-19(17)14-16)11-7-8-15(2)21(22,23)24/h8,10,12-14,25H,4-7,9,11H2,1-3H3/b15-8+. The first kappa shape index (κ1) is 20.4. The molecular formula is C21H27F3O2. The van der Waals surface area contributed by atoms with E-state index in [0.29, 0.717) is 17.7 Å². The Morgan fingerprint density at radius 3 is 2.65 bits per heavy atom. The minimum atomic E-state index is -4.28. The molecule has 0 saturated carbocycles. The lowest BCUT2D eigenvalue weighted by molar-refractivity contribution is -0.0916. The third-order valence-electron chi connectivity index (χ3n) is 4.73. The van der Waals surface area contributed by atoms with E-state index in [9.17, 15) is 18.3 Å². The number of hydrogen-bond donors (Lipinski definition) is 1. The number of phenols is 1. The van der Waals surface area contributed by atoms with Gasteiger partial charge in [-0.15, -0.1) is 0 Å². The topological polar surface area (TPSA) is 29.5 Å². The van der Waals surface area contributed by atoms with Gasteiger partial charge in [0.05, 0.1) is 5.56 Å². The zero-order chi connectivity index (χ0) is 19.4. The molecule has 0 amide bonds. The lowest BCUT2D eigenvalue weighted by atomic mass is 9.93. The van der Waals surface area contributed by atoms with Gasteiger partial charge in [0, 0.05) is 5.57 Å². The van der Waals surface area contributed by atoms with Crippen molar-refractivity contribution in [2.24, 2.45) is 0 Å². The maximum absolute atomic E-state index is 12.6. The Bertz CT molecular complexity index is 689. The lowest BCUT2D eigenvalue weighted by Crippen LogP contribution is -2.31. The van der Waals surface area contributed by atoms with Gasteiger partial charge in [-0.25, -0.2) is 0 Å². The van der Waals surface area contributed by atoms with Crippen LogP contribution < -0.4 is 4.74 Å². The minimum absolute atomic E-state index is 0.181. The van der Waals surface area contributed by atoms with E-state index in [4.69, 9.17) is 4.74 Å². The molecule has 2 rings (SSSR count). The Balaban J connectivity index is 2.09. The SMILES string of the molecule is CCCCCc1cc(O)c2c(c1)OC(C)(CC/C=C(\C)C(F)(F)F)C=C2. The van der Waals surface area contributed by atoms with E-state index in [0.717, 1.165) is 38.2 Å². The van der Waals surface area contributed by atoms with Crippen LogP contribution in [0.4, 0.5) is 13.2 Å². The van der Waals surface area contributed by atoms with Crippen molar-refractivity contribution >= 4 is 6.08 Å². The lowest BCUT2D eigenvalue weighted by Gasteiger charge is -2.32. The number of benzene rings is 1. The van der Waals surface area contributed by atoms with Crippen LogP contribution in [0.25, 0.3) is 6.08 Å². The highest BCUT2D eigenvalue weighted by molar-refractivity contribution is 5.67. The van der Waals surface area contributed by atoms with Crippen LogP contribution in [0.1, 0.15) is 64.0 Å². The number of unbranched alkanes of at least 4 members (excludes halogenated alkanes) is 2. The second-order valence-electron chi connectivity index (χ2n) is 7.16. The van der Waals surface area contributed by atoms with Gasteiger partial charge in [0.15, 0.2) is 0 Å². The van der Waals surface area contributed by atoms with Crippen LogP contribution in [0.2, 0.25) is 0 Å². The number of hydrogen-bond acceptors (Lipinski definition) is 2. The first-order chi connectivity index (χ1) is 12.1. The summed E-state index contributed by atoms with van der Waals surface area (Å²) in [5, 5.41) is 10.2. The molecule has 1 atom stereocenters. The van der Waals surface area contributed by atoms with E-state index in [1.54, 1.807) is 12.1 Å². The van der Waals surface area contributed by atoms with Gasteiger partial charge >= 0.3 is 6.18 Å². The number of aryl methyl sites for hydroxylation is 1. The van der Waals surface area contributed by atoms with Crippen molar-refractivity contribution < 1.29 is 23.0 Å². The van der Waals surface area contributed by atoms with Crippen LogP contribution in [-0.4, -0.2) is 16.9 Å². The molecule has 0 spiro atoms. The molecule has 0 bridgehead atoms. The summed E-state index contributed by atoms with van der Waals surface area (Å²) >= 11 is 0. The second-order valence-corrected chi connectivity index (χ2v) is 7.16. The Morgan fingerprint density at radius 1 is 1.27 bits per heavy atom. The summed E-state index contributed by atoms with van der Waals surface area (Å²) < 4.78 is 43.8. The average molecular weight is 368 g/mol. The van der Waals surface area contributed by atoms with Crippen molar-refractivity contribution in [1.82, 2.24) is 0 Å². The molecule has 1 aliphatic heterocycles. The van der Waals surface area contributed by atoms with E-state index in [2.05, 4.69) is 6.92 Å². The molecule has 0 fully saturated rings. The van der Waals surface area contributed by atoms with Gasteiger partial charge < -0.3 is 9.84 Å². The number of phenolic OH excluding ortho intramolecular Hbond substituents is 1. The van der Waals surface area contributed by atoms with Crippen molar-refractivity contribution in [2.75, 3.05) is 0 Å². The zero-order valence-corrected chi connectivity index (χ0v) is 15.6. The normalized spacial score (nSPS) is 20.0. The Hall–Kier alpha value is -1.91.